The van der Waals surface area contributed by atoms with Gasteiger partial charge in [0.2, 0.25) is 5.91 Å². The minimum Gasteiger partial charge on any atom is -0.389 e. The molecule has 1 saturated carbocycles. The van der Waals surface area contributed by atoms with Gasteiger partial charge >= 0.3 is 6.18 Å². The Morgan fingerprint density at radius 2 is 1.77 bits per heavy atom. The molecule has 2 aliphatic rings. The lowest BCUT2D eigenvalue weighted by atomic mass is 9.71. The van der Waals surface area contributed by atoms with E-state index in [0.29, 0.717) is 18.9 Å². The van der Waals surface area contributed by atoms with E-state index in [1.807, 2.05) is 0 Å². The second kappa shape index (κ2) is 9.50. The summed E-state index contributed by atoms with van der Waals surface area (Å²) in [6.07, 6.45) is 2.01. The molecule has 35 heavy (non-hydrogen) atoms. The van der Waals surface area contributed by atoms with Gasteiger partial charge in [0.15, 0.2) is 0 Å². The van der Waals surface area contributed by atoms with Crippen molar-refractivity contribution in [3.63, 3.8) is 0 Å². The van der Waals surface area contributed by atoms with Crippen LogP contribution in [0.15, 0.2) is 30.6 Å². The van der Waals surface area contributed by atoms with Crippen LogP contribution in [0.25, 0.3) is 0 Å². The van der Waals surface area contributed by atoms with Crippen molar-refractivity contribution in [2.75, 3.05) is 13.1 Å². The monoisotopic (exact) mass is 497 g/mol. The third-order valence-electron chi connectivity index (χ3n) is 7.61. The van der Waals surface area contributed by atoms with Gasteiger partial charge in [-0.2, -0.15) is 28.2 Å². The molecule has 2 fully saturated rings. The predicted octanol–water partition coefficient (Wildman–Crippen LogP) is 3.70. The highest BCUT2D eigenvalue weighted by molar-refractivity contribution is 5.84. The van der Waals surface area contributed by atoms with E-state index in [4.69, 9.17) is 0 Å². The molecule has 1 aromatic heterocycles. The summed E-state index contributed by atoms with van der Waals surface area (Å²) in [5.74, 6) is -1.45. The smallest absolute Gasteiger partial charge is 0.389 e. The van der Waals surface area contributed by atoms with Crippen LogP contribution in [0.1, 0.15) is 63.1 Å². The fourth-order valence-electron chi connectivity index (χ4n) is 5.53. The van der Waals surface area contributed by atoms with E-state index in [2.05, 4.69) is 20.4 Å². The minimum absolute atomic E-state index is 0.0143. The first-order valence-electron chi connectivity index (χ1n) is 11.9. The van der Waals surface area contributed by atoms with Crippen LogP contribution in [0, 0.1) is 11.2 Å². The first-order chi connectivity index (χ1) is 16.4. The molecule has 7 nitrogen and oxygen atoms in total. The van der Waals surface area contributed by atoms with E-state index in [9.17, 15) is 27.5 Å². The summed E-state index contributed by atoms with van der Waals surface area (Å²) in [6, 6.07) is 2.57. The van der Waals surface area contributed by atoms with Crippen LogP contribution in [0.2, 0.25) is 0 Å². The first kappa shape index (κ1) is 25.6. The van der Waals surface area contributed by atoms with Crippen LogP contribution in [-0.2, 0) is 17.5 Å². The zero-order valence-corrected chi connectivity index (χ0v) is 19.9. The highest BCUT2D eigenvalue weighted by Gasteiger charge is 2.55. The first-order valence-corrected chi connectivity index (χ1v) is 11.9. The number of alkyl halides is 3. The van der Waals surface area contributed by atoms with Gasteiger partial charge in [-0.05, 0) is 69.7 Å². The molecule has 4 rings (SSSR count). The normalized spacial score (nSPS) is 24.6. The Hall–Kier alpha value is -2.53. The molecule has 0 bridgehead atoms. The van der Waals surface area contributed by atoms with Crippen molar-refractivity contribution in [2.24, 2.45) is 5.41 Å². The van der Waals surface area contributed by atoms with Gasteiger partial charge in [0, 0.05) is 25.7 Å². The van der Waals surface area contributed by atoms with Gasteiger partial charge in [0.05, 0.1) is 35.0 Å². The lowest BCUT2D eigenvalue weighted by Crippen LogP contribution is -2.53. The van der Waals surface area contributed by atoms with Gasteiger partial charge in [-0.15, -0.1) is 0 Å². The third kappa shape index (κ3) is 5.35. The summed E-state index contributed by atoms with van der Waals surface area (Å²) in [7, 11) is 0. The van der Waals surface area contributed by atoms with Crippen molar-refractivity contribution in [3.8, 4) is 0 Å². The molecule has 1 aliphatic heterocycles. The molecule has 1 amide bonds. The molecule has 2 heterocycles. The molecular formula is C24H31F4N5O2. The lowest BCUT2D eigenvalue weighted by Gasteiger charge is -2.41. The van der Waals surface area contributed by atoms with Crippen molar-refractivity contribution >= 4 is 5.91 Å². The number of hydrogen-bond acceptors (Lipinski definition) is 5. The molecule has 2 aromatic rings. The second-order valence-electron chi connectivity index (χ2n) is 10.2. The Bertz CT molecular complexity index is 1030. The average Bonchev–Trinajstić information content (AvgIpc) is 3.47. The topological polar surface area (TPSA) is 83.3 Å². The highest BCUT2D eigenvalue weighted by atomic mass is 19.4. The number of nitrogens with zero attached hydrogens (tertiary/aromatic N) is 4. The Labute approximate surface area is 201 Å². The lowest BCUT2D eigenvalue weighted by molar-refractivity contribution is -0.147. The van der Waals surface area contributed by atoms with E-state index in [1.54, 1.807) is 31.0 Å². The van der Waals surface area contributed by atoms with Crippen LogP contribution < -0.4 is 5.32 Å². The fraction of sp³-hybridized carbons (Fsp3) is 0.625. The van der Waals surface area contributed by atoms with E-state index in [0.717, 1.165) is 44.5 Å². The van der Waals surface area contributed by atoms with Crippen molar-refractivity contribution < 1.29 is 27.5 Å². The van der Waals surface area contributed by atoms with Crippen LogP contribution in [0.5, 0.6) is 0 Å². The number of benzene rings is 1. The van der Waals surface area contributed by atoms with Gasteiger partial charge in [-0.1, -0.05) is 0 Å². The Balaban J connectivity index is 1.42. The maximum absolute atomic E-state index is 13.8. The van der Waals surface area contributed by atoms with Crippen molar-refractivity contribution in [1.82, 2.24) is 25.2 Å². The second-order valence-corrected chi connectivity index (χ2v) is 10.2. The number of hydrogen-bond donors (Lipinski definition) is 2. The Morgan fingerprint density at radius 3 is 2.37 bits per heavy atom. The zero-order chi connectivity index (χ0) is 25.4. The van der Waals surface area contributed by atoms with Crippen molar-refractivity contribution in [2.45, 2.75) is 76.4 Å². The third-order valence-corrected chi connectivity index (χ3v) is 7.61. The fourth-order valence-corrected chi connectivity index (χ4v) is 5.53. The maximum Gasteiger partial charge on any atom is 0.416 e. The molecule has 11 heteroatoms. The number of carbonyl (C=O) groups excluding carboxylic acids is 1. The zero-order valence-electron chi connectivity index (χ0n) is 19.9. The molecule has 0 unspecified atom stereocenters. The largest absolute Gasteiger partial charge is 0.416 e. The summed E-state index contributed by atoms with van der Waals surface area (Å²) in [5.41, 5.74) is -3.53. The number of nitrogens with one attached hydrogen (secondary N) is 1. The summed E-state index contributed by atoms with van der Waals surface area (Å²) in [5, 5.41) is 22.1. The van der Waals surface area contributed by atoms with Gasteiger partial charge < -0.3 is 15.3 Å². The summed E-state index contributed by atoms with van der Waals surface area (Å²) < 4.78 is 52.9. The molecule has 0 spiro atoms. The number of piperidine rings is 1. The maximum atomic E-state index is 13.8. The number of halogens is 4. The highest BCUT2D eigenvalue weighted by Crippen LogP contribution is 2.49. The molecule has 0 radical (unpaired) electrons. The molecule has 1 saturated heterocycles. The minimum atomic E-state index is -4.69. The van der Waals surface area contributed by atoms with Crippen LogP contribution in [0.4, 0.5) is 17.6 Å². The molecule has 2 atom stereocenters. The van der Waals surface area contributed by atoms with E-state index < -0.39 is 34.5 Å². The number of likely N-dealkylation sites (tertiary alicyclic amines) is 1. The molecule has 1 aromatic carbocycles. The summed E-state index contributed by atoms with van der Waals surface area (Å²) in [4.78, 5) is 17.4. The molecule has 1 aliphatic carbocycles. The molecular weight excluding hydrogens is 466 g/mol. The van der Waals surface area contributed by atoms with Gasteiger partial charge in [-0.3, -0.25) is 4.79 Å². The SMILES string of the molecule is CC(C)(O)[C@]1(C(=O)NCc2cc(F)cc(C(F)(F)F)c2)CC[C@@H](N2CCC(n3nccn3)CC2)C1. The number of amides is 1. The quantitative estimate of drug-likeness (QED) is 0.595. The average molecular weight is 498 g/mol. The summed E-state index contributed by atoms with van der Waals surface area (Å²) >= 11 is 0. The van der Waals surface area contributed by atoms with Gasteiger partial charge in [0.1, 0.15) is 5.82 Å². The van der Waals surface area contributed by atoms with Crippen LogP contribution >= 0.6 is 0 Å². The van der Waals surface area contributed by atoms with Crippen molar-refractivity contribution in [1.29, 1.82) is 0 Å². The van der Waals surface area contributed by atoms with E-state index in [-0.39, 0.29) is 24.2 Å². The van der Waals surface area contributed by atoms with E-state index >= 15 is 0 Å². The number of aliphatic hydroxyl groups is 1. The van der Waals surface area contributed by atoms with E-state index in [1.165, 1.54) is 0 Å². The number of carbonyl (C=O) groups is 1. The molecule has 2 N–H and O–H groups in total. The standard InChI is InChI=1S/C24H31F4N5O2/c1-22(2,35)23(21(34)29-15-16-11-17(24(26,27)28)13-18(25)12-16)6-3-20(14-23)32-9-4-19(5-10-32)33-30-7-8-31-33/h7-8,11-13,19-20,35H,3-6,9-10,14-15H2,1-2H3,(H,29,34)/t20-,23-/m1/s1. The predicted molar refractivity (Wildman–Crippen MR) is 119 cm³/mol. The number of aromatic nitrogens is 3. The number of rotatable bonds is 6. The van der Waals surface area contributed by atoms with Gasteiger partial charge in [0.25, 0.3) is 0 Å². The van der Waals surface area contributed by atoms with Crippen molar-refractivity contribution in [3.05, 3.63) is 47.5 Å². The summed E-state index contributed by atoms with van der Waals surface area (Å²) in [6.45, 7) is 4.57. The Kier molecular flexibility index (Phi) is 6.93. The Morgan fingerprint density at radius 1 is 1.11 bits per heavy atom. The van der Waals surface area contributed by atoms with Gasteiger partial charge in [-0.25, -0.2) is 4.39 Å². The van der Waals surface area contributed by atoms with Crippen LogP contribution in [0.3, 0.4) is 0 Å². The molecule has 192 valence electrons. The van der Waals surface area contributed by atoms with Crippen LogP contribution in [-0.4, -0.2) is 55.6 Å².